The van der Waals surface area contributed by atoms with E-state index in [4.69, 9.17) is 4.42 Å². The maximum Gasteiger partial charge on any atom is 0.269 e. The molecule has 3 amide bonds. The number of imide groups is 1. The summed E-state index contributed by atoms with van der Waals surface area (Å²) < 4.78 is 5.20. The number of nitrogens with zero attached hydrogens (tertiary/aromatic N) is 2. The molecule has 5 rings (SSSR count). The van der Waals surface area contributed by atoms with Gasteiger partial charge in [-0.25, -0.2) is 4.90 Å². The number of carbonyl (C=O) groups excluding carboxylic acids is 3. The fourth-order valence-corrected chi connectivity index (χ4v) is 4.55. The Morgan fingerprint density at radius 1 is 0.917 bits per heavy atom. The Morgan fingerprint density at radius 3 is 2.22 bits per heavy atom. The standard InChI is InChI=1S/C26H17N3O6S/c30-24(27-15-19-2-1-13-35-19)16-3-12-22-23(14-16)26(32)28(25(22)31)17-4-8-20(9-5-17)36-21-10-6-18(7-11-21)29(33)34/h1-14H,15H2,(H,27,30). The number of hydrogen-bond donors (Lipinski definition) is 1. The smallest absolute Gasteiger partial charge is 0.269 e. The van der Waals surface area contributed by atoms with Gasteiger partial charge in [0.2, 0.25) is 0 Å². The van der Waals surface area contributed by atoms with Crippen LogP contribution in [0.15, 0.2) is 99.3 Å². The summed E-state index contributed by atoms with van der Waals surface area (Å²) in [6.45, 7) is 0.201. The van der Waals surface area contributed by atoms with Crippen molar-refractivity contribution in [2.45, 2.75) is 16.3 Å². The van der Waals surface area contributed by atoms with E-state index in [1.807, 2.05) is 0 Å². The molecule has 9 nitrogen and oxygen atoms in total. The molecule has 0 spiro atoms. The minimum absolute atomic E-state index is 0.0125. The van der Waals surface area contributed by atoms with Crippen LogP contribution in [0.1, 0.15) is 36.8 Å². The number of non-ortho nitro benzene ring substituents is 1. The lowest BCUT2D eigenvalue weighted by molar-refractivity contribution is -0.384. The molecule has 3 aromatic carbocycles. The second-order valence-electron chi connectivity index (χ2n) is 7.82. The molecule has 0 aliphatic carbocycles. The normalized spacial score (nSPS) is 12.5. The van der Waals surface area contributed by atoms with Crippen molar-refractivity contribution in [3.63, 3.8) is 0 Å². The first-order valence-corrected chi connectivity index (χ1v) is 11.6. The molecule has 0 fully saturated rings. The highest BCUT2D eigenvalue weighted by Gasteiger charge is 2.37. The highest BCUT2D eigenvalue weighted by Crippen LogP contribution is 2.33. The summed E-state index contributed by atoms with van der Waals surface area (Å²) in [6.07, 6.45) is 1.51. The van der Waals surface area contributed by atoms with E-state index >= 15 is 0 Å². The van der Waals surface area contributed by atoms with E-state index in [2.05, 4.69) is 5.32 Å². The van der Waals surface area contributed by atoms with Gasteiger partial charge in [0.05, 0.1) is 34.5 Å². The third-order valence-electron chi connectivity index (χ3n) is 5.53. The molecule has 2 heterocycles. The van der Waals surface area contributed by atoms with E-state index in [1.165, 1.54) is 48.4 Å². The molecule has 1 aromatic heterocycles. The molecule has 178 valence electrons. The lowest BCUT2D eigenvalue weighted by Gasteiger charge is -2.14. The number of nitrogens with one attached hydrogen (secondary N) is 1. The van der Waals surface area contributed by atoms with Crippen LogP contribution in [0.5, 0.6) is 0 Å². The summed E-state index contributed by atoms with van der Waals surface area (Å²) >= 11 is 1.39. The van der Waals surface area contributed by atoms with Crippen LogP contribution in [0.3, 0.4) is 0 Å². The Balaban J connectivity index is 1.30. The van der Waals surface area contributed by atoms with Crippen molar-refractivity contribution in [1.29, 1.82) is 0 Å². The van der Waals surface area contributed by atoms with Gasteiger partial charge in [-0.15, -0.1) is 0 Å². The highest BCUT2D eigenvalue weighted by atomic mass is 32.2. The number of fused-ring (bicyclic) bond motifs is 1. The molecule has 0 atom stereocenters. The summed E-state index contributed by atoms with van der Waals surface area (Å²) in [6, 6.07) is 20.9. The van der Waals surface area contributed by atoms with Gasteiger partial charge in [0.25, 0.3) is 23.4 Å². The maximum absolute atomic E-state index is 13.1. The number of nitro benzene ring substituents is 1. The van der Waals surface area contributed by atoms with Crippen LogP contribution in [-0.2, 0) is 6.54 Å². The zero-order chi connectivity index (χ0) is 25.2. The Morgan fingerprint density at radius 2 is 1.58 bits per heavy atom. The topological polar surface area (TPSA) is 123 Å². The van der Waals surface area contributed by atoms with E-state index in [1.54, 1.807) is 48.5 Å². The lowest BCUT2D eigenvalue weighted by Crippen LogP contribution is -2.29. The van der Waals surface area contributed by atoms with Crippen LogP contribution in [0, 0.1) is 10.1 Å². The van der Waals surface area contributed by atoms with E-state index in [0.29, 0.717) is 11.4 Å². The van der Waals surface area contributed by atoms with Gasteiger partial charge in [-0.2, -0.15) is 0 Å². The molecule has 0 radical (unpaired) electrons. The average Bonchev–Trinajstić information content (AvgIpc) is 3.50. The van der Waals surface area contributed by atoms with Gasteiger partial charge in [-0.1, -0.05) is 11.8 Å². The predicted molar refractivity (Wildman–Crippen MR) is 131 cm³/mol. The largest absolute Gasteiger partial charge is 0.467 e. The third-order valence-corrected chi connectivity index (χ3v) is 6.55. The number of anilines is 1. The summed E-state index contributed by atoms with van der Waals surface area (Å²) in [4.78, 5) is 51.7. The number of hydrogen-bond acceptors (Lipinski definition) is 7. The van der Waals surface area contributed by atoms with Crippen molar-refractivity contribution >= 4 is 40.9 Å². The van der Waals surface area contributed by atoms with Gasteiger partial charge in [0.15, 0.2) is 0 Å². The van der Waals surface area contributed by atoms with Gasteiger partial charge >= 0.3 is 0 Å². The van der Waals surface area contributed by atoms with Gasteiger partial charge < -0.3 is 9.73 Å². The monoisotopic (exact) mass is 499 g/mol. The molecule has 1 aliphatic heterocycles. The van der Waals surface area contributed by atoms with Crippen LogP contribution < -0.4 is 10.2 Å². The third kappa shape index (κ3) is 4.49. The Hall–Kier alpha value is -4.70. The number of amides is 3. The van der Waals surface area contributed by atoms with Crippen molar-refractivity contribution in [2.75, 3.05) is 4.90 Å². The SMILES string of the molecule is O=C(NCc1ccco1)c1ccc2c(c1)C(=O)N(c1ccc(Sc3ccc([N+](=O)[O-])cc3)cc1)C2=O. The van der Waals surface area contributed by atoms with Gasteiger partial charge in [-0.05, 0) is 66.7 Å². The maximum atomic E-state index is 13.1. The van der Waals surface area contributed by atoms with E-state index < -0.39 is 16.7 Å². The molecule has 1 aliphatic rings. The van der Waals surface area contributed by atoms with Crippen LogP contribution in [0.2, 0.25) is 0 Å². The van der Waals surface area contributed by atoms with Crippen LogP contribution in [0.4, 0.5) is 11.4 Å². The lowest BCUT2D eigenvalue weighted by atomic mass is 10.1. The van der Waals surface area contributed by atoms with Crippen molar-refractivity contribution in [1.82, 2.24) is 5.32 Å². The molecule has 0 unspecified atom stereocenters. The van der Waals surface area contributed by atoms with Crippen molar-refractivity contribution in [2.24, 2.45) is 0 Å². The van der Waals surface area contributed by atoms with Crippen molar-refractivity contribution in [3.05, 3.63) is 118 Å². The molecule has 0 saturated carbocycles. The Labute approximate surface area is 208 Å². The summed E-state index contributed by atoms with van der Waals surface area (Å²) in [7, 11) is 0. The van der Waals surface area contributed by atoms with Crippen LogP contribution in [-0.4, -0.2) is 22.6 Å². The molecule has 0 saturated heterocycles. The fourth-order valence-electron chi connectivity index (χ4n) is 3.73. The quantitative estimate of drug-likeness (QED) is 0.214. The number of nitro groups is 1. The first-order chi connectivity index (χ1) is 17.4. The van der Waals surface area contributed by atoms with Gasteiger partial charge in [0.1, 0.15) is 5.76 Å². The zero-order valence-corrected chi connectivity index (χ0v) is 19.4. The number of furan rings is 1. The van der Waals surface area contributed by atoms with E-state index in [9.17, 15) is 24.5 Å². The number of benzene rings is 3. The first-order valence-electron chi connectivity index (χ1n) is 10.8. The Bertz CT molecular complexity index is 1480. The average molecular weight is 500 g/mol. The van der Waals surface area contributed by atoms with Gasteiger partial charge in [-0.3, -0.25) is 24.5 Å². The van der Waals surface area contributed by atoms with Crippen molar-refractivity contribution < 1.29 is 23.7 Å². The number of rotatable bonds is 7. The summed E-state index contributed by atoms with van der Waals surface area (Å²) in [5.41, 5.74) is 1.07. The molecule has 1 N–H and O–H groups in total. The molecule has 36 heavy (non-hydrogen) atoms. The molecule has 4 aromatic rings. The van der Waals surface area contributed by atoms with E-state index in [-0.39, 0.29) is 34.8 Å². The second kappa shape index (κ2) is 9.51. The number of carbonyl (C=O) groups is 3. The Kier molecular flexibility index (Phi) is 6.09. The van der Waals surface area contributed by atoms with E-state index in [0.717, 1.165) is 14.7 Å². The van der Waals surface area contributed by atoms with Gasteiger partial charge in [0, 0.05) is 27.5 Å². The second-order valence-corrected chi connectivity index (χ2v) is 8.96. The van der Waals surface area contributed by atoms with Crippen molar-refractivity contribution in [3.8, 4) is 0 Å². The minimum atomic E-state index is -0.508. The fraction of sp³-hybridized carbons (Fsp3) is 0.0385. The molecular formula is C26H17N3O6S. The predicted octanol–water partition coefficient (Wildman–Crippen LogP) is 5.07. The summed E-state index contributed by atoms with van der Waals surface area (Å²) in [5.74, 6) is -0.766. The highest BCUT2D eigenvalue weighted by molar-refractivity contribution is 7.99. The summed E-state index contributed by atoms with van der Waals surface area (Å²) in [5, 5.41) is 13.5. The first kappa shape index (κ1) is 23.1. The van der Waals surface area contributed by atoms with Crippen LogP contribution in [0.25, 0.3) is 0 Å². The molecule has 10 heteroatoms. The minimum Gasteiger partial charge on any atom is -0.467 e. The molecular weight excluding hydrogens is 482 g/mol. The molecule has 0 bridgehead atoms. The zero-order valence-electron chi connectivity index (χ0n) is 18.5. The van der Waals surface area contributed by atoms with Crippen LogP contribution >= 0.6 is 11.8 Å².